The molecule has 2 heterocycles. The Hall–Kier alpha value is -1.98. The van der Waals surface area contributed by atoms with E-state index in [2.05, 4.69) is 48.9 Å². The summed E-state index contributed by atoms with van der Waals surface area (Å²) in [5.74, 6) is 0.892. The highest BCUT2D eigenvalue weighted by atomic mass is 32.1. The van der Waals surface area contributed by atoms with Crippen LogP contribution in [0.3, 0.4) is 0 Å². The second kappa shape index (κ2) is 6.26. The summed E-state index contributed by atoms with van der Waals surface area (Å²) >= 11 is 1.73. The number of nitrogens with zero attached hydrogens (tertiary/aromatic N) is 2. The van der Waals surface area contributed by atoms with Gasteiger partial charge in [0.05, 0.1) is 10.6 Å². The molecule has 2 aromatic heterocycles. The summed E-state index contributed by atoms with van der Waals surface area (Å²) < 4.78 is 1.25. The van der Waals surface area contributed by atoms with E-state index in [9.17, 15) is 0 Å². The van der Waals surface area contributed by atoms with Crippen molar-refractivity contribution in [3.05, 3.63) is 41.6 Å². The Kier molecular flexibility index (Phi) is 4.33. The Bertz CT molecular complexity index is 838. The molecule has 0 saturated carbocycles. The summed E-state index contributed by atoms with van der Waals surface area (Å²) in [5, 5.41) is 1.25. The number of hydrogen-bond donors (Lipinski definition) is 2. The zero-order valence-electron chi connectivity index (χ0n) is 13.7. The highest BCUT2D eigenvalue weighted by Crippen LogP contribution is 2.38. The number of anilines is 1. The quantitative estimate of drug-likeness (QED) is 0.749. The van der Waals surface area contributed by atoms with Crippen LogP contribution in [0.15, 0.2) is 30.5 Å². The summed E-state index contributed by atoms with van der Waals surface area (Å²) in [6.07, 6.45) is 2.69. The van der Waals surface area contributed by atoms with Crippen molar-refractivity contribution >= 4 is 27.4 Å². The van der Waals surface area contributed by atoms with Crippen LogP contribution in [0.2, 0.25) is 0 Å². The van der Waals surface area contributed by atoms with Crippen LogP contribution in [0, 0.1) is 12.8 Å². The van der Waals surface area contributed by atoms with Crippen LogP contribution in [-0.4, -0.2) is 9.97 Å². The van der Waals surface area contributed by atoms with Crippen LogP contribution in [0.5, 0.6) is 0 Å². The first-order valence-electron chi connectivity index (χ1n) is 7.83. The van der Waals surface area contributed by atoms with E-state index in [1.54, 1.807) is 17.5 Å². The molecule has 0 aliphatic carbocycles. The van der Waals surface area contributed by atoms with Gasteiger partial charge in [0.2, 0.25) is 5.95 Å². The van der Waals surface area contributed by atoms with Crippen LogP contribution < -0.4 is 11.5 Å². The van der Waals surface area contributed by atoms with Crippen molar-refractivity contribution < 1.29 is 0 Å². The number of hydrogen-bond acceptors (Lipinski definition) is 5. The van der Waals surface area contributed by atoms with E-state index in [4.69, 9.17) is 11.5 Å². The summed E-state index contributed by atoms with van der Waals surface area (Å²) in [7, 11) is 0. The molecular formula is C18H22N4S. The van der Waals surface area contributed by atoms with E-state index in [-0.39, 0.29) is 6.04 Å². The van der Waals surface area contributed by atoms with Gasteiger partial charge in [0.1, 0.15) is 0 Å². The highest BCUT2D eigenvalue weighted by molar-refractivity contribution is 7.22. The number of aryl methyl sites for hydroxylation is 1. The molecule has 5 heteroatoms. The zero-order chi connectivity index (χ0) is 16.6. The number of benzene rings is 1. The number of fused-ring (bicyclic) bond motifs is 1. The van der Waals surface area contributed by atoms with Crippen molar-refractivity contribution in [1.29, 1.82) is 0 Å². The third-order valence-electron chi connectivity index (χ3n) is 4.02. The summed E-state index contributed by atoms with van der Waals surface area (Å²) in [5.41, 5.74) is 15.4. The number of nitrogens with two attached hydrogens (primary N) is 2. The van der Waals surface area contributed by atoms with E-state index >= 15 is 0 Å². The molecule has 23 heavy (non-hydrogen) atoms. The maximum Gasteiger partial charge on any atom is 0.220 e. The molecule has 0 bridgehead atoms. The largest absolute Gasteiger partial charge is 0.368 e. The van der Waals surface area contributed by atoms with E-state index in [0.717, 1.165) is 17.0 Å². The molecule has 4 nitrogen and oxygen atoms in total. The van der Waals surface area contributed by atoms with Crippen LogP contribution in [-0.2, 0) is 0 Å². The minimum absolute atomic E-state index is 0.0804. The van der Waals surface area contributed by atoms with Crippen LogP contribution >= 0.6 is 11.3 Å². The Labute approximate surface area is 140 Å². The van der Waals surface area contributed by atoms with Gasteiger partial charge in [-0.2, -0.15) is 0 Å². The van der Waals surface area contributed by atoms with E-state index < -0.39 is 0 Å². The Morgan fingerprint density at radius 3 is 2.70 bits per heavy atom. The molecule has 0 fully saturated rings. The van der Waals surface area contributed by atoms with Crippen molar-refractivity contribution in [2.75, 3.05) is 5.73 Å². The highest BCUT2D eigenvalue weighted by Gasteiger charge is 2.15. The SMILES string of the molecule is Cc1c(-c2ccnc(N)n2)sc2ccc(C(N)CC(C)C)cc12. The number of aromatic nitrogens is 2. The number of rotatable bonds is 4. The maximum absolute atomic E-state index is 6.34. The molecule has 1 unspecified atom stereocenters. The lowest BCUT2D eigenvalue weighted by molar-refractivity contribution is 0.510. The first kappa shape index (κ1) is 15.9. The molecule has 0 aliphatic rings. The predicted octanol–water partition coefficient (Wildman–Crippen LogP) is 4.29. The molecule has 4 N–H and O–H groups in total. The average molecular weight is 326 g/mol. The lowest BCUT2D eigenvalue weighted by atomic mass is 9.96. The van der Waals surface area contributed by atoms with Crippen LogP contribution in [0.4, 0.5) is 5.95 Å². The molecule has 0 aliphatic heterocycles. The van der Waals surface area contributed by atoms with Crippen LogP contribution in [0.1, 0.15) is 37.4 Å². The van der Waals surface area contributed by atoms with E-state index in [0.29, 0.717) is 11.9 Å². The Morgan fingerprint density at radius 1 is 1.22 bits per heavy atom. The predicted molar refractivity (Wildman–Crippen MR) is 98.4 cm³/mol. The first-order chi connectivity index (χ1) is 11.0. The van der Waals surface area contributed by atoms with Crippen molar-refractivity contribution in [2.45, 2.75) is 33.2 Å². The van der Waals surface area contributed by atoms with E-state index in [1.165, 1.54) is 21.2 Å². The molecule has 3 aromatic rings. The normalized spacial score (nSPS) is 12.9. The third-order valence-corrected chi connectivity index (χ3v) is 5.32. The second-order valence-electron chi connectivity index (χ2n) is 6.35. The molecule has 1 atom stereocenters. The van der Waals surface area contributed by atoms with Gasteiger partial charge >= 0.3 is 0 Å². The monoisotopic (exact) mass is 326 g/mol. The fourth-order valence-electron chi connectivity index (χ4n) is 2.86. The zero-order valence-corrected chi connectivity index (χ0v) is 14.5. The summed E-state index contributed by atoms with van der Waals surface area (Å²) in [6, 6.07) is 8.51. The topological polar surface area (TPSA) is 77.8 Å². The van der Waals surface area contributed by atoms with Gasteiger partial charge in [-0.3, -0.25) is 0 Å². The fraction of sp³-hybridized carbons (Fsp3) is 0.333. The number of nitrogen functional groups attached to an aromatic ring is 1. The molecule has 0 spiro atoms. The fourth-order valence-corrected chi connectivity index (χ4v) is 4.02. The van der Waals surface area contributed by atoms with Crippen LogP contribution in [0.25, 0.3) is 20.7 Å². The molecular weight excluding hydrogens is 304 g/mol. The maximum atomic E-state index is 6.34. The van der Waals surface area contributed by atoms with Gasteiger partial charge in [-0.25, -0.2) is 9.97 Å². The summed E-state index contributed by atoms with van der Waals surface area (Å²) in [4.78, 5) is 9.46. The van der Waals surface area contributed by atoms with Gasteiger partial charge in [-0.05, 0) is 54.0 Å². The lowest BCUT2D eigenvalue weighted by Gasteiger charge is -2.14. The van der Waals surface area contributed by atoms with Crippen molar-refractivity contribution in [3.8, 4) is 10.6 Å². The minimum Gasteiger partial charge on any atom is -0.368 e. The van der Waals surface area contributed by atoms with E-state index in [1.807, 2.05) is 6.07 Å². The van der Waals surface area contributed by atoms with Gasteiger partial charge in [-0.15, -0.1) is 11.3 Å². The molecule has 120 valence electrons. The second-order valence-corrected chi connectivity index (χ2v) is 7.40. The lowest BCUT2D eigenvalue weighted by Crippen LogP contribution is -2.12. The Morgan fingerprint density at radius 2 is 2.00 bits per heavy atom. The average Bonchev–Trinajstić information content (AvgIpc) is 2.83. The molecule has 0 amide bonds. The van der Waals surface area contributed by atoms with Crippen molar-refractivity contribution in [3.63, 3.8) is 0 Å². The van der Waals surface area contributed by atoms with Gasteiger partial charge in [0.15, 0.2) is 0 Å². The van der Waals surface area contributed by atoms with Gasteiger partial charge in [0.25, 0.3) is 0 Å². The molecule has 0 radical (unpaired) electrons. The molecule has 0 saturated heterocycles. The Balaban J connectivity index is 2.05. The van der Waals surface area contributed by atoms with Gasteiger partial charge in [0, 0.05) is 16.9 Å². The van der Waals surface area contributed by atoms with Gasteiger partial charge in [-0.1, -0.05) is 19.9 Å². The third kappa shape index (κ3) is 3.21. The molecule has 1 aromatic carbocycles. The first-order valence-corrected chi connectivity index (χ1v) is 8.65. The summed E-state index contributed by atoms with van der Waals surface area (Å²) in [6.45, 7) is 6.53. The van der Waals surface area contributed by atoms with Crippen molar-refractivity contribution in [2.24, 2.45) is 11.7 Å². The molecule has 3 rings (SSSR count). The smallest absolute Gasteiger partial charge is 0.220 e. The van der Waals surface area contributed by atoms with Gasteiger partial charge < -0.3 is 11.5 Å². The minimum atomic E-state index is 0.0804. The standard InChI is InChI=1S/C18H22N4S/c1-10(2)8-14(19)12-4-5-16-13(9-12)11(3)17(23-16)15-6-7-21-18(20)22-15/h4-7,9-10,14H,8,19H2,1-3H3,(H2,20,21,22). The van der Waals surface area contributed by atoms with Crippen molar-refractivity contribution in [1.82, 2.24) is 9.97 Å². The number of thiophene rings is 1.